The largest absolute Gasteiger partial charge is 0.508 e. The molecule has 1 fully saturated rings. The molecule has 2 rings (SSSR count). The first-order valence-corrected chi connectivity index (χ1v) is 10.4. The molecule has 0 aliphatic carbocycles. The number of benzene rings is 1. The number of aliphatic hydroxyl groups excluding tert-OH is 1. The summed E-state index contributed by atoms with van der Waals surface area (Å²) in [6.45, 7) is 3.00. The molecule has 32 heavy (non-hydrogen) atoms. The Hall–Kier alpha value is -3.18. The number of nitrogens with zero attached hydrogens (tertiary/aromatic N) is 1. The number of aromatic hydroxyl groups is 1. The standard InChI is InChI=1S/C21H30N4O7/c1-11(20(30)25-9-3-4-16(25)21(31)32)23-19(29)17(12(2)26)24-18(28)15(22)10-13-5-7-14(27)8-6-13/h5-8,11-12,15-17,26-27H,3-4,9-10,22H2,1-2H3,(H,23,29)(H,24,28)(H,31,32). The number of phenols is 1. The van der Waals surface area contributed by atoms with Crippen molar-refractivity contribution in [2.24, 2.45) is 5.73 Å². The Bertz CT molecular complexity index is 843. The van der Waals surface area contributed by atoms with Gasteiger partial charge >= 0.3 is 5.97 Å². The molecule has 7 N–H and O–H groups in total. The van der Waals surface area contributed by atoms with Gasteiger partial charge in [0.2, 0.25) is 17.7 Å². The van der Waals surface area contributed by atoms with E-state index in [1.165, 1.54) is 30.9 Å². The van der Waals surface area contributed by atoms with Gasteiger partial charge in [-0.05, 0) is 50.8 Å². The summed E-state index contributed by atoms with van der Waals surface area (Å²) in [7, 11) is 0. The van der Waals surface area contributed by atoms with Crippen LogP contribution < -0.4 is 16.4 Å². The fourth-order valence-corrected chi connectivity index (χ4v) is 3.55. The Balaban J connectivity index is 1.97. The zero-order chi connectivity index (χ0) is 24.0. The molecule has 11 heteroatoms. The van der Waals surface area contributed by atoms with Crippen LogP contribution in [-0.2, 0) is 25.6 Å². The second kappa shape index (κ2) is 10.9. The van der Waals surface area contributed by atoms with E-state index in [0.29, 0.717) is 18.4 Å². The molecule has 1 aromatic carbocycles. The van der Waals surface area contributed by atoms with Gasteiger partial charge in [0.1, 0.15) is 23.9 Å². The summed E-state index contributed by atoms with van der Waals surface area (Å²) in [6, 6.07) is 1.76. The third-order valence-electron chi connectivity index (χ3n) is 5.34. The number of carboxylic acids is 1. The molecule has 0 spiro atoms. The molecule has 11 nitrogen and oxygen atoms in total. The molecule has 1 saturated heterocycles. The Labute approximate surface area is 185 Å². The molecule has 1 aliphatic heterocycles. The van der Waals surface area contributed by atoms with Crippen LogP contribution in [0.15, 0.2) is 24.3 Å². The first kappa shape index (κ1) is 25.1. The minimum Gasteiger partial charge on any atom is -0.508 e. The lowest BCUT2D eigenvalue weighted by atomic mass is 10.0. The van der Waals surface area contributed by atoms with Gasteiger partial charge in [0.15, 0.2) is 0 Å². The van der Waals surface area contributed by atoms with Gasteiger partial charge < -0.3 is 36.6 Å². The highest BCUT2D eigenvalue weighted by atomic mass is 16.4. The van der Waals surface area contributed by atoms with Crippen molar-refractivity contribution in [3.63, 3.8) is 0 Å². The van der Waals surface area contributed by atoms with Crippen molar-refractivity contribution in [2.75, 3.05) is 6.54 Å². The first-order valence-electron chi connectivity index (χ1n) is 10.4. The molecule has 176 valence electrons. The van der Waals surface area contributed by atoms with E-state index >= 15 is 0 Å². The lowest BCUT2D eigenvalue weighted by Gasteiger charge is -2.28. The molecule has 0 saturated carbocycles. The Kier molecular flexibility index (Phi) is 8.56. The number of hydrogen-bond acceptors (Lipinski definition) is 7. The zero-order valence-corrected chi connectivity index (χ0v) is 18.0. The summed E-state index contributed by atoms with van der Waals surface area (Å²) in [5.74, 6) is -3.06. The highest BCUT2D eigenvalue weighted by Crippen LogP contribution is 2.18. The maximum absolute atomic E-state index is 12.6. The fourth-order valence-electron chi connectivity index (χ4n) is 3.55. The second-order valence-electron chi connectivity index (χ2n) is 7.96. The molecule has 5 unspecified atom stereocenters. The lowest BCUT2D eigenvalue weighted by molar-refractivity contribution is -0.149. The predicted octanol–water partition coefficient (Wildman–Crippen LogP) is -1.29. The number of aliphatic carboxylic acids is 1. The number of phenolic OH excluding ortho intramolecular Hbond substituents is 1. The number of nitrogens with two attached hydrogens (primary N) is 1. The fraction of sp³-hybridized carbons (Fsp3) is 0.524. The summed E-state index contributed by atoms with van der Waals surface area (Å²) in [5.41, 5.74) is 6.60. The topological polar surface area (TPSA) is 182 Å². The highest BCUT2D eigenvalue weighted by molar-refractivity contribution is 5.94. The summed E-state index contributed by atoms with van der Waals surface area (Å²) < 4.78 is 0. The van der Waals surface area contributed by atoms with Crippen LogP contribution in [0.4, 0.5) is 0 Å². The molecule has 1 aromatic rings. The van der Waals surface area contributed by atoms with Crippen LogP contribution in [0.1, 0.15) is 32.3 Å². The lowest BCUT2D eigenvalue weighted by Crippen LogP contribution is -2.59. The number of carboxylic acid groups (broad SMARTS) is 1. The summed E-state index contributed by atoms with van der Waals surface area (Å²) in [5, 5.41) is 33.4. The number of carbonyl (C=O) groups is 4. The van der Waals surface area contributed by atoms with Crippen LogP contribution in [-0.4, -0.2) is 80.7 Å². The van der Waals surface area contributed by atoms with Crippen molar-refractivity contribution in [1.82, 2.24) is 15.5 Å². The van der Waals surface area contributed by atoms with Crippen molar-refractivity contribution >= 4 is 23.7 Å². The van der Waals surface area contributed by atoms with Crippen LogP contribution in [0.25, 0.3) is 0 Å². The van der Waals surface area contributed by atoms with Gasteiger partial charge in [-0.2, -0.15) is 0 Å². The van der Waals surface area contributed by atoms with E-state index in [9.17, 15) is 34.5 Å². The normalized spacial score (nSPS) is 19.5. The van der Waals surface area contributed by atoms with E-state index in [-0.39, 0.29) is 18.7 Å². The van der Waals surface area contributed by atoms with Gasteiger partial charge in [0.25, 0.3) is 0 Å². The smallest absolute Gasteiger partial charge is 0.326 e. The van der Waals surface area contributed by atoms with Crippen LogP contribution in [0.3, 0.4) is 0 Å². The minimum atomic E-state index is -1.36. The maximum Gasteiger partial charge on any atom is 0.326 e. The van der Waals surface area contributed by atoms with E-state index < -0.39 is 54.0 Å². The van der Waals surface area contributed by atoms with Crippen molar-refractivity contribution in [3.05, 3.63) is 29.8 Å². The van der Waals surface area contributed by atoms with Gasteiger partial charge in [0.05, 0.1) is 12.1 Å². The number of nitrogens with one attached hydrogen (secondary N) is 2. The van der Waals surface area contributed by atoms with E-state index in [1.54, 1.807) is 12.1 Å². The number of aliphatic hydroxyl groups is 1. The second-order valence-corrected chi connectivity index (χ2v) is 7.96. The van der Waals surface area contributed by atoms with Gasteiger partial charge in [0, 0.05) is 6.54 Å². The predicted molar refractivity (Wildman–Crippen MR) is 113 cm³/mol. The highest BCUT2D eigenvalue weighted by Gasteiger charge is 2.37. The average molecular weight is 450 g/mol. The van der Waals surface area contributed by atoms with Crippen LogP contribution in [0, 0.1) is 0 Å². The zero-order valence-electron chi connectivity index (χ0n) is 18.0. The van der Waals surface area contributed by atoms with Gasteiger partial charge in [-0.25, -0.2) is 4.79 Å². The van der Waals surface area contributed by atoms with Crippen LogP contribution in [0.5, 0.6) is 5.75 Å². The van der Waals surface area contributed by atoms with Crippen molar-refractivity contribution in [2.45, 2.75) is 63.4 Å². The number of hydrogen-bond donors (Lipinski definition) is 6. The van der Waals surface area contributed by atoms with Gasteiger partial charge in [-0.3, -0.25) is 14.4 Å². The van der Waals surface area contributed by atoms with Crippen LogP contribution >= 0.6 is 0 Å². The summed E-state index contributed by atoms with van der Waals surface area (Å²) >= 11 is 0. The molecule has 1 heterocycles. The van der Waals surface area contributed by atoms with E-state index in [2.05, 4.69) is 10.6 Å². The quantitative estimate of drug-likeness (QED) is 0.268. The molecule has 1 aliphatic rings. The third-order valence-corrected chi connectivity index (χ3v) is 5.34. The van der Waals surface area contributed by atoms with Crippen molar-refractivity contribution in [1.29, 1.82) is 0 Å². The summed E-state index contributed by atoms with van der Waals surface area (Å²) in [6.07, 6.45) is -0.247. The SMILES string of the molecule is CC(NC(=O)C(NC(=O)C(N)Cc1ccc(O)cc1)C(C)O)C(=O)N1CCCC1C(=O)O. The Morgan fingerprint density at radius 3 is 2.31 bits per heavy atom. The molecule has 0 aromatic heterocycles. The summed E-state index contributed by atoms with van der Waals surface area (Å²) in [4.78, 5) is 50.2. The molecular formula is C21H30N4O7. The van der Waals surface area contributed by atoms with Gasteiger partial charge in [-0.15, -0.1) is 0 Å². The molecular weight excluding hydrogens is 420 g/mol. The molecule has 0 bridgehead atoms. The van der Waals surface area contributed by atoms with E-state index in [4.69, 9.17) is 5.73 Å². The third kappa shape index (κ3) is 6.41. The molecule has 5 atom stereocenters. The average Bonchev–Trinajstić information content (AvgIpc) is 3.22. The van der Waals surface area contributed by atoms with Crippen molar-refractivity contribution in [3.8, 4) is 5.75 Å². The molecule has 0 radical (unpaired) electrons. The monoisotopic (exact) mass is 450 g/mol. The first-order chi connectivity index (χ1) is 15.0. The Morgan fingerprint density at radius 2 is 1.75 bits per heavy atom. The van der Waals surface area contributed by atoms with E-state index in [1.807, 2.05) is 0 Å². The minimum absolute atomic E-state index is 0.0740. The number of carbonyl (C=O) groups excluding carboxylic acids is 3. The number of rotatable bonds is 9. The number of amides is 3. The Morgan fingerprint density at radius 1 is 1.12 bits per heavy atom. The van der Waals surface area contributed by atoms with E-state index in [0.717, 1.165) is 0 Å². The molecule has 3 amide bonds. The van der Waals surface area contributed by atoms with Gasteiger partial charge in [-0.1, -0.05) is 12.1 Å². The van der Waals surface area contributed by atoms with Crippen LogP contribution in [0.2, 0.25) is 0 Å². The number of likely N-dealkylation sites (tertiary alicyclic amines) is 1. The van der Waals surface area contributed by atoms with Crippen molar-refractivity contribution < 1.29 is 34.5 Å². The maximum atomic E-state index is 12.6.